The molecule has 0 bridgehead atoms. The summed E-state index contributed by atoms with van der Waals surface area (Å²) in [6, 6.07) is 12.9. The van der Waals surface area contributed by atoms with Crippen molar-refractivity contribution < 1.29 is 43.2 Å². The van der Waals surface area contributed by atoms with E-state index in [1.165, 1.54) is 35.3 Å². The number of hydrazine groups is 1. The SMILES string of the molecule is C=CC1=C(\C=C/C)N(C(=O)CCC=O)Cc2ccccc2/C(N(N)CCOCCOCCOCCOc2cnn(C)c(=O)c2-c2ccc(CC(NC(=O)c3c(Cl)cncc3Cl)C(=O)O)cc2)=C\1N.CC. The van der Waals surface area contributed by atoms with E-state index in [2.05, 4.69) is 22.0 Å². The highest BCUT2D eigenvalue weighted by Crippen LogP contribution is 2.34. The van der Waals surface area contributed by atoms with Crippen LogP contribution in [0, 0.1) is 0 Å². The van der Waals surface area contributed by atoms with E-state index in [-0.39, 0.29) is 105 Å². The van der Waals surface area contributed by atoms with E-state index in [1.807, 2.05) is 51.1 Å². The molecule has 2 amide bonds. The summed E-state index contributed by atoms with van der Waals surface area (Å²) >= 11 is 12.2. The highest BCUT2D eigenvalue weighted by molar-refractivity contribution is 6.39. The summed E-state index contributed by atoms with van der Waals surface area (Å²) in [6.45, 7) is 12.0. The Morgan fingerprint density at radius 3 is 2.20 bits per heavy atom. The zero-order chi connectivity index (χ0) is 51.2. The molecule has 1 aliphatic heterocycles. The molecule has 2 aromatic heterocycles. The van der Waals surface area contributed by atoms with Crippen molar-refractivity contribution in [1.82, 2.24) is 30.0 Å². The van der Waals surface area contributed by atoms with Crippen molar-refractivity contribution in [3.05, 3.63) is 152 Å². The predicted octanol–water partition coefficient (Wildman–Crippen LogP) is 5.87. The number of aryl methyl sites for hydroxylation is 1. The third-order valence-corrected chi connectivity index (χ3v) is 11.1. The first-order valence-corrected chi connectivity index (χ1v) is 23.2. The topological polar surface area (TPSA) is 244 Å². The van der Waals surface area contributed by atoms with Crippen LogP contribution in [0.5, 0.6) is 5.75 Å². The Morgan fingerprint density at radius 2 is 1.59 bits per heavy atom. The molecule has 0 radical (unpaired) electrons. The van der Waals surface area contributed by atoms with Gasteiger partial charge in [0, 0.05) is 49.8 Å². The maximum absolute atomic E-state index is 13.3. The van der Waals surface area contributed by atoms with Crippen LogP contribution in [0.3, 0.4) is 0 Å². The molecular weight excluding hydrogens is 944 g/mol. The van der Waals surface area contributed by atoms with Crippen LogP contribution in [0.1, 0.15) is 60.7 Å². The average Bonchev–Trinajstić information content (AvgIpc) is 3.34. The molecule has 70 heavy (non-hydrogen) atoms. The number of hydrogen-bond donors (Lipinski definition) is 4. The molecular formula is C50H60Cl2N8O10. The maximum atomic E-state index is 13.3. The number of ether oxygens (including phenoxy) is 4. The molecule has 0 aliphatic carbocycles. The van der Waals surface area contributed by atoms with Crippen LogP contribution >= 0.6 is 23.2 Å². The molecule has 4 aromatic rings. The monoisotopic (exact) mass is 1000 g/mol. The summed E-state index contributed by atoms with van der Waals surface area (Å²) in [6.07, 6.45) is 9.89. The first-order valence-electron chi connectivity index (χ1n) is 22.5. The van der Waals surface area contributed by atoms with Crippen molar-refractivity contribution in [2.45, 2.75) is 52.6 Å². The molecule has 6 N–H and O–H groups in total. The average molecular weight is 1000 g/mol. The number of carboxylic acid groups (broad SMARTS) is 1. The second-order valence-corrected chi connectivity index (χ2v) is 15.9. The van der Waals surface area contributed by atoms with Gasteiger partial charge in [-0.1, -0.05) is 104 Å². The number of nitrogens with one attached hydrogen (secondary N) is 1. The fourth-order valence-corrected chi connectivity index (χ4v) is 7.67. The fraction of sp³-hybridized carbons (Fsp3) is 0.340. The number of carbonyl (C=O) groups is 4. The molecule has 18 nitrogen and oxygen atoms in total. The van der Waals surface area contributed by atoms with E-state index in [0.717, 1.165) is 17.4 Å². The smallest absolute Gasteiger partial charge is 0.326 e. The van der Waals surface area contributed by atoms with Gasteiger partial charge in [0.15, 0.2) is 5.75 Å². The Kier molecular flexibility index (Phi) is 23.0. The van der Waals surface area contributed by atoms with E-state index in [9.17, 15) is 29.1 Å². The summed E-state index contributed by atoms with van der Waals surface area (Å²) in [5.74, 6) is 4.63. The molecule has 0 spiro atoms. The van der Waals surface area contributed by atoms with Crippen LogP contribution in [0.15, 0.2) is 114 Å². The molecule has 0 fully saturated rings. The number of fused-ring (bicyclic) bond motifs is 1. The number of pyridine rings is 1. The lowest BCUT2D eigenvalue weighted by molar-refractivity contribution is -0.139. The van der Waals surface area contributed by atoms with Crippen LogP contribution in [-0.2, 0) is 48.6 Å². The van der Waals surface area contributed by atoms with Crippen LogP contribution in [0.25, 0.3) is 16.8 Å². The van der Waals surface area contributed by atoms with Crippen molar-refractivity contribution in [1.29, 1.82) is 0 Å². The van der Waals surface area contributed by atoms with Crippen molar-refractivity contribution in [3.63, 3.8) is 0 Å². The molecule has 20 heteroatoms. The lowest BCUT2D eigenvalue weighted by Gasteiger charge is -2.33. The van der Waals surface area contributed by atoms with Gasteiger partial charge in [0.25, 0.3) is 11.5 Å². The van der Waals surface area contributed by atoms with Gasteiger partial charge < -0.3 is 49.8 Å². The van der Waals surface area contributed by atoms with Gasteiger partial charge >= 0.3 is 5.97 Å². The highest BCUT2D eigenvalue weighted by atomic mass is 35.5. The Labute approximate surface area is 417 Å². The number of nitrogens with zero attached hydrogens (tertiary/aromatic N) is 5. The summed E-state index contributed by atoms with van der Waals surface area (Å²) in [7, 11) is 1.51. The van der Waals surface area contributed by atoms with Crippen LogP contribution in [-0.4, -0.2) is 113 Å². The Bertz CT molecular complexity index is 2580. The number of aldehydes is 1. The molecule has 5 rings (SSSR count). The number of aliphatic carboxylic acids is 1. The fourth-order valence-electron chi connectivity index (χ4n) is 7.13. The second-order valence-electron chi connectivity index (χ2n) is 15.0. The highest BCUT2D eigenvalue weighted by Gasteiger charge is 2.28. The van der Waals surface area contributed by atoms with Crippen LogP contribution < -0.4 is 27.2 Å². The third kappa shape index (κ3) is 15.2. The summed E-state index contributed by atoms with van der Waals surface area (Å²) in [5.41, 5.74) is 11.2. The maximum Gasteiger partial charge on any atom is 0.326 e. The molecule has 374 valence electrons. The van der Waals surface area contributed by atoms with Gasteiger partial charge in [0.2, 0.25) is 5.91 Å². The minimum atomic E-state index is -1.31. The minimum Gasteiger partial charge on any atom is -0.489 e. The molecule has 0 saturated heterocycles. The van der Waals surface area contributed by atoms with Crippen molar-refractivity contribution in [2.24, 2.45) is 18.6 Å². The zero-order valence-electron chi connectivity index (χ0n) is 39.7. The summed E-state index contributed by atoms with van der Waals surface area (Å²) in [4.78, 5) is 68.0. The normalized spacial score (nSPS) is 14.9. The number of rotatable bonds is 25. The molecule has 3 heterocycles. The molecule has 0 saturated carbocycles. The second kappa shape index (κ2) is 28.7. The number of halogens is 2. The van der Waals surface area contributed by atoms with Gasteiger partial charge in [-0.3, -0.25) is 19.4 Å². The molecule has 1 unspecified atom stereocenters. The van der Waals surface area contributed by atoms with Gasteiger partial charge in [-0.05, 0) is 29.7 Å². The van der Waals surface area contributed by atoms with E-state index in [1.54, 1.807) is 41.3 Å². The lowest BCUT2D eigenvalue weighted by Crippen LogP contribution is -2.42. The van der Waals surface area contributed by atoms with Gasteiger partial charge in [-0.2, -0.15) is 5.10 Å². The number of allylic oxidation sites excluding steroid dienone is 3. The predicted molar refractivity (Wildman–Crippen MR) is 267 cm³/mol. The molecule has 2 aromatic carbocycles. The van der Waals surface area contributed by atoms with Gasteiger partial charge in [-0.25, -0.2) is 15.3 Å². The number of aromatic nitrogens is 3. The van der Waals surface area contributed by atoms with Crippen molar-refractivity contribution >= 4 is 53.0 Å². The van der Waals surface area contributed by atoms with Crippen molar-refractivity contribution in [3.8, 4) is 16.9 Å². The Balaban J connectivity index is 0.00000526. The van der Waals surface area contributed by atoms with Gasteiger partial charge in [-0.15, -0.1) is 0 Å². The van der Waals surface area contributed by atoms with E-state index >= 15 is 0 Å². The number of hydrogen-bond acceptors (Lipinski definition) is 14. The van der Waals surface area contributed by atoms with E-state index < -0.39 is 23.5 Å². The van der Waals surface area contributed by atoms with Gasteiger partial charge in [0.1, 0.15) is 18.9 Å². The van der Waals surface area contributed by atoms with E-state index in [4.69, 9.17) is 53.7 Å². The zero-order valence-corrected chi connectivity index (χ0v) is 41.2. The lowest BCUT2D eigenvalue weighted by atomic mass is 9.95. The third-order valence-electron chi connectivity index (χ3n) is 10.5. The number of nitrogens with two attached hydrogens (primary N) is 2. The Morgan fingerprint density at radius 1 is 0.957 bits per heavy atom. The number of amides is 2. The first-order chi connectivity index (χ1) is 33.8. The largest absolute Gasteiger partial charge is 0.489 e. The minimum absolute atomic E-state index is 0.0209. The summed E-state index contributed by atoms with van der Waals surface area (Å²) in [5, 5.41) is 17.9. The van der Waals surface area contributed by atoms with E-state index in [0.29, 0.717) is 40.4 Å². The number of benzene rings is 2. The summed E-state index contributed by atoms with van der Waals surface area (Å²) < 4.78 is 24.3. The van der Waals surface area contributed by atoms with Crippen molar-refractivity contribution in [2.75, 3.05) is 52.8 Å². The van der Waals surface area contributed by atoms with Crippen LogP contribution in [0.2, 0.25) is 10.0 Å². The molecule has 1 atom stereocenters. The number of carbonyl (C=O) groups excluding carboxylic acids is 3. The quantitative estimate of drug-likeness (QED) is 0.0263. The van der Waals surface area contributed by atoms with Gasteiger partial charge in [0.05, 0.1) is 97.2 Å². The first kappa shape index (κ1) is 55.9. The van der Waals surface area contributed by atoms with Crippen LogP contribution in [0.4, 0.5) is 0 Å². The Hall–Kier alpha value is -6.67. The standard InChI is InChI=1S/C48H54Cl2N8O10.C2H6/c1-4-9-39-34(5-2)44(51)45(35-11-7-6-10-33(35)30-57(39)41(60)12-8-18-59)58(52)17-19-65-20-21-66-22-23-67-24-25-68-40-29-54-56(3)47(62)42(40)32-15-13-31(14-16-32)26-38(48(63)64)55-46(61)43-36(49)27-53-28-37(43)50;1-2/h4-7,9-11,13-16,18,27-29,38H,2,8,12,17,19-26,30,51-52H2,1,3H3,(H,55,61)(H,63,64);1-2H3/b9-4-,39-34-,45-44-;. The number of carboxylic acids is 1. The molecule has 1 aliphatic rings.